The van der Waals surface area contributed by atoms with Gasteiger partial charge in [-0.05, 0) is 61.6 Å². The molecule has 1 aliphatic rings. The van der Waals surface area contributed by atoms with E-state index in [1.165, 1.54) is 15.4 Å². The monoisotopic (exact) mass is 537 g/mol. The van der Waals surface area contributed by atoms with Crippen LogP contribution >= 0.6 is 24.0 Å². The van der Waals surface area contributed by atoms with Crippen LogP contribution in [-0.4, -0.2) is 42.1 Å². The number of aromatic nitrogens is 2. The Morgan fingerprint density at radius 2 is 1.92 bits per heavy atom. The van der Waals surface area contributed by atoms with Crippen molar-refractivity contribution in [2.75, 3.05) is 6.54 Å². The fraction of sp³-hybridized carbons (Fsp3) is 0.296. The molecule has 3 heterocycles. The zero-order valence-electron chi connectivity index (χ0n) is 20.6. The van der Waals surface area contributed by atoms with Crippen molar-refractivity contribution in [3.63, 3.8) is 0 Å². The van der Waals surface area contributed by atoms with Crippen LogP contribution in [0.4, 0.5) is 0 Å². The summed E-state index contributed by atoms with van der Waals surface area (Å²) in [7, 11) is 0. The number of aliphatic carboxylic acids is 1. The molecule has 192 valence electrons. The molecule has 1 fully saturated rings. The lowest BCUT2D eigenvalue weighted by atomic mass is 10.2. The first-order valence-corrected chi connectivity index (χ1v) is 13.3. The van der Waals surface area contributed by atoms with Crippen molar-refractivity contribution in [1.29, 1.82) is 0 Å². The topological polar surface area (TPSA) is 101 Å². The summed E-state index contributed by atoms with van der Waals surface area (Å²) in [6, 6.07) is 11.2. The molecule has 8 nitrogen and oxygen atoms in total. The summed E-state index contributed by atoms with van der Waals surface area (Å²) < 4.78 is 7.92. The summed E-state index contributed by atoms with van der Waals surface area (Å²) in [5.41, 5.74) is 2.24. The molecule has 0 atom stereocenters. The van der Waals surface area contributed by atoms with Crippen molar-refractivity contribution < 1.29 is 19.4 Å². The van der Waals surface area contributed by atoms with Gasteiger partial charge in [0.05, 0.1) is 4.91 Å². The van der Waals surface area contributed by atoms with E-state index in [2.05, 4.69) is 11.9 Å². The first kappa shape index (κ1) is 26.6. The van der Waals surface area contributed by atoms with Gasteiger partial charge in [0.1, 0.15) is 21.3 Å². The van der Waals surface area contributed by atoms with Gasteiger partial charge in [-0.25, -0.2) is 0 Å². The maximum atomic E-state index is 13.5. The van der Waals surface area contributed by atoms with Crippen LogP contribution in [0.1, 0.15) is 49.3 Å². The third-order valence-electron chi connectivity index (χ3n) is 6.02. The van der Waals surface area contributed by atoms with Crippen LogP contribution in [0.25, 0.3) is 11.7 Å². The second kappa shape index (κ2) is 11.7. The van der Waals surface area contributed by atoms with Crippen molar-refractivity contribution >= 4 is 51.9 Å². The molecule has 0 spiro atoms. The normalized spacial score (nSPS) is 14.6. The molecule has 4 rings (SSSR count). The summed E-state index contributed by atoms with van der Waals surface area (Å²) in [4.78, 5) is 43.8. The number of pyridine rings is 1. The Labute approximate surface area is 224 Å². The maximum absolute atomic E-state index is 13.5. The van der Waals surface area contributed by atoms with Crippen molar-refractivity contribution in [3.8, 4) is 11.6 Å². The van der Waals surface area contributed by atoms with Gasteiger partial charge in [-0.15, -0.1) is 0 Å². The highest BCUT2D eigenvalue weighted by atomic mass is 32.2. The number of aryl methyl sites for hydroxylation is 2. The van der Waals surface area contributed by atoms with Gasteiger partial charge in [-0.3, -0.25) is 23.7 Å². The molecule has 3 aromatic rings. The minimum absolute atomic E-state index is 0.0978. The standard InChI is InChI=1S/C27H27N3O5S2/c1-3-18-10-12-19(13-11-18)35-24-20(25(33)29-15-7-8-17(2)23(29)28-24)16-21-26(34)30(27(36)37-21)14-6-4-5-9-22(31)32/h7-8,10-13,15-16H,3-6,9,14H2,1-2H3,(H,31,32)/b21-16+. The van der Waals surface area contributed by atoms with E-state index in [4.69, 9.17) is 22.1 Å². The summed E-state index contributed by atoms with van der Waals surface area (Å²) >= 11 is 6.55. The number of nitrogens with zero attached hydrogens (tertiary/aromatic N) is 3. The first-order valence-electron chi connectivity index (χ1n) is 12.0. The van der Waals surface area contributed by atoms with E-state index in [1.54, 1.807) is 12.3 Å². The van der Waals surface area contributed by atoms with Gasteiger partial charge >= 0.3 is 5.97 Å². The number of ether oxygens (including phenoxy) is 1. The molecule has 0 radical (unpaired) electrons. The Bertz CT molecular complexity index is 1450. The van der Waals surface area contributed by atoms with E-state index in [0.717, 1.165) is 29.3 Å². The average molecular weight is 538 g/mol. The predicted octanol–water partition coefficient (Wildman–Crippen LogP) is 5.20. The zero-order chi connectivity index (χ0) is 26.5. The van der Waals surface area contributed by atoms with Gasteiger partial charge < -0.3 is 9.84 Å². The van der Waals surface area contributed by atoms with E-state index < -0.39 is 5.97 Å². The highest BCUT2D eigenvalue weighted by Crippen LogP contribution is 2.34. The number of fused-ring (bicyclic) bond motifs is 1. The van der Waals surface area contributed by atoms with Crippen molar-refractivity contribution in [2.45, 2.75) is 46.0 Å². The molecule has 1 aromatic carbocycles. The van der Waals surface area contributed by atoms with Gasteiger partial charge in [0, 0.05) is 19.2 Å². The number of unbranched alkanes of at least 4 members (excludes halogenated alkanes) is 2. The van der Waals surface area contributed by atoms with E-state index in [0.29, 0.717) is 46.4 Å². The molecule has 2 aromatic heterocycles. The molecular formula is C27H27N3O5S2. The van der Waals surface area contributed by atoms with Crippen molar-refractivity contribution in [2.24, 2.45) is 0 Å². The Hall–Kier alpha value is -3.50. The molecule has 0 saturated carbocycles. The Kier molecular flexibility index (Phi) is 8.40. The van der Waals surface area contributed by atoms with Gasteiger partial charge in [0.2, 0.25) is 5.88 Å². The number of rotatable bonds is 10. The van der Waals surface area contributed by atoms with Gasteiger partial charge in [0.25, 0.3) is 11.5 Å². The highest BCUT2D eigenvalue weighted by Gasteiger charge is 2.32. The molecule has 0 bridgehead atoms. The van der Waals surface area contributed by atoms with Gasteiger partial charge in [0.15, 0.2) is 0 Å². The summed E-state index contributed by atoms with van der Waals surface area (Å²) in [6.45, 7) is 4.32. The Morgan fingerprint density at radius 1 is 1.16 bits per heavy atom. The number of benzene rings is 1. The highest BCUT2D eigenvalue weighted by molar-refractivity contribution is 8.26. The number of carboxylic acid groups (broad SMARTS) is 1. The molecular weight excluding hydrogens is 510 g/mol. The summed E-state index contributed by atoms with van der Waals surface area (Å²) in [5.74, 6) is -0.480. The summed E-state index contributed by atoms with van der Waals surface area (Å²) in [6.07, 6.45) is 5.98. The predicted molar refractivity (Wildman–Crippen MR) is 148 cm³/mol. The number of thiocarbonyl (C=S) groups is 1. The molecule has 0 aliphatic carbocycles. The van der Waals surface area contributed by atoms with Crippen LogP contribution in [0.2, 0.25) is 0 Å². The number of amides is 1. The van der Waals surface area contributed by atoms with Crippen LogP contribution < -0.4 is 10.3 Å². The third kappa shape index (κ3) is 6.08. The minimum Gasteiger partial charge on any atom is -0.481 e. The molecule has 1 N–H and O–H groups in total. The second-order valence-electron chi connectivity index (χ2n) is 8.66. The van der Waals surface area contributed by atoms with Crippen molar-refractivity contribution in [1.82, 2.24) is 14.3 Å². The fourth-order valence-corrected chi connectivity index (χ4v) is 5.24. The number of thioether (sulfide) groups is 1. The molecule has 1 amide bonds. The Balaban J connectivity index is 1.66. The van der Waals surface area contributed by atoms with E-state index >= 15 is 0 Å². The van der Waals surface area contributed by atoms with Crippen LogP contribution in [-0.2, 0) is 16.0 Å². The molecule has 0 unspecified atom stereocenters. The molecule has 10 heteroatoms. The maximum Gasteiger partial charge on any atom is 0.303 e. The van der Waals surface area contributed by atoms with Crippen LogP contribution in [0, 0.1) is 6.92 Å². The van der Waals surface area contributed by atoms with E-state index in [1.807, 2.05) is 37.3 Å². The Morgan fingerprint density at radius 3 is 2.62 bits per heavy atom. The minimum atomic E-state index is -0.835. The lowest BCUT2D eigenvalue weighted by Crippen LogP contribution is -2.29. The van der Waals surface area contributed by atoms with Crippen LogP contribution in [0.3, 0.4) is 0 Å². The SMILES string of the molecule is CCc1ccc(Oc2nc3c(C)cccn3c(=O)c2/C=C2/SC(=S)N(CCCCCC(=O)O)C2=O)cc1. The fourth-order valence-electron chi connectivity index (χ4n) is 3.95. The summed E-state index contributed by atoms with van der Waals surface area (Å²) in [5, 5.41) is 8.79. The van der Waals surface area contributed by atoms with Gasteiger partial charge in [-0.2, -0.15) is 4.98 Å². The number of hydrogen-bond donors (Lipinski definition) is 1. The lowest BCUT2D eigenvalue weighted by Gasteiger charge is -2.14. The van der Waals surface area contributed by atoms with E-state index in [9.17, 15) is 14.4 Å². The van der Waals surface area contributed by atoms with Gasteiger partial charge in [-0.1, -0.05) is 55.5 Å². The number of hydrogen-bond acceptors (Lipinski definition) is 7. The molecule has 1 saturated heterocycles. The second-order valence-corrected chi connectivity index (χ2v) is 10.3. The lowest BCUT2D eigenvalue weighted by molar-refractivity contribution is -0.137. The average Bonchev–Trinajstić information content (AvgIpc) is 3.14. The number of carboxylic acids is 1. The van der Waals surface area contributed by atoms with Crippen LogP contribution in [0.15, 0.2) is 52.3 Å². The van der Waals surface area contributed by atoms with E-state index in [-0.39, 0.29) is 29.3 Å². The van der Waals surface area contributed by atoms with Crippen LogP contribution in [0.5, 0.6) is 11.6 Å². The third-order valence-corrected chi connectivity index (χ3v) is 7.39. The smallest absolute Gasteiger partial charge is 0.303 e. The quantitative estimate of drug-likeness (QED) is 0.214. The molecule has 37 heavy (non-hydrogen) atoms. The number of carbonyl (C=O) groups excluding carboxylic acids is 1. The number of carbonyl (C=O) groups is 2. The largest absolute Gasteiger partial charge is 0.481 e. The van der Waals surface area contributed by atoms with Crippen molar-refractivity contribution in [3.05, 3.63) is 74.5 Å². The zero-order valence-corrected chi connectivity index (χ0v) is 22.2. The molecule has 1 aliphatic heterocycles. The first-order chi connectivity index (χ1) is 17.8.